The van der Waals surface area contributed by atoms with Crippen molar-refractivity contribution in [2.75, 3.05) is 0 Å². The van der Waals surface area contributed by atoms with E-state index in [1.807, 2.05) is 36.7 Å². The Morgan fingerprint density at radius 3 is 2.92 bits per heavy atom. The summed E-state index contributed by atoms with van der Waals surface area (Å²) in [6, 6.07) is 5.69. The lowest BCUT2D eigenvalue weighted by molar-refractivity contribution is 0.837. The van der Waals surface area contributed by atoms with Crippen molar-refractivity contribution in [3.05, 3.63) is 41.4 Å². The molecule has 1 rings (SSSR count). The summed E-state index contributed by atoms with van der Waals surface area (Å²) in [7, 11) is 1.94. The first kappa shape index (κ1) is 9.07. The van der Waals surface area contributed by atoms with Gasteiger partial charge in [-0.05, 0) is 19.1 Å². The largest absolute Gasteiger partial charge is 0.340 e. The zero-order chi connectivity index (χ0) is 8.97. The second-order valence-electron chi connectivity index (χ2n) is 2.56. The van der Waals surface area contributed by atoms with Crippen molar-refractivity contribution in [2.45, 2.75) is 6.92 Å². The molecule has 0 aliphatic carbocycles. The fraction of sp³-hybridized carbons (Fsp3) is 0.222. The molecule has 0 bridgehead atoms. The molecule has 1 aromatic rings. The zero-order valence-corrected chi connectivity index (χ0v) is 7.92. The standard InChI is InChI=1S/C9H11ClN2/c1-8-4-3-5-9(10)6-11-7-12(8)2/h3-7H,1-2H3. The number of hydrogen-bond acceptors (Lipinski definition) is 1. The highest BCUT2D eigenvalue weighted by atomic mass is 35.5. The van der Waals surface area contributed by atoms with Gasteiger partial charge in [0, 0.05) is 18.9 Å². The van der Waals surface area contributed by atoms with Gasteiger partial charge in [0.1, 0.15) is 0 Å². The Morgan fingerprint density at radius 2 is 2.17 bits per heavy atom. The van der Waals surface area contributed by atoms with Gasteiger partial charge in [-0.2, -0.15) is 0 Å². The van der Waals surface area contributed by atoms with Gasteiger partial charge >= 0.3 is 0 Å². The van der Waals surface area contributed by atoms with Crippen LogP contribution in [-0.4, -0.2) is 9.55 Å². The van der Waals surface area contributed by atoms with Crippen LogP contribution < -0.4 is 0 Å². The topological polar surface area (TPSA) is 17.8 Å². The fourth-order valence-electron chi connectivity index (χ4n) is 0.736. The van der Waals surface area contributed by atoms with Gasteiger partial charge in [0.25, 0.3) is 0 Å². The highest BCUT2D eigenvalue weighted by molar-refractivity contribution is 6.30. The lowest BCUT2D eigenvalue weighted by Crippen LogP contribution is -1.91. The van der Waals surface area contributed by atoms with Crippen molar-refractivity contribution in [3.8, 4) is 0 Å². The smallest absolute Gasteiger partial charge is 0.0944 e. The predicted molar refractivity (Wildman–Crippen MR) is 50.6 cm³/mol. The molecular weight excluding hydrogens is 172 g/mol. The second kappa shape index (κ2) is 4.12. The normalized spacial score (nSPS) is 9.25. The summed E-state index contributed by atoms with van der Waals surface area (Å²) in [5.74, 6) is 0. The Balaban J connectivity index is 3.33. The molecular formula is C9H11ClN2. The van der Waals surface area contributed by atoms with E-state index >= 15 is 0 Å². The van der Waals surface area contributed by atoms with Crippen LogP contribution in [0.2, 0.25) is 5.02 Å². The molecule has 0 saturated carbocycles. The van der Waals surface area contributed by atoms with E-state index < -0.39 is 0 Å². The molecule has 64 valence electrons. The molecule has 0 aromatic carbocycles. The first-order valence-electron chi connectivity index (χ1n) is 3.67. The Hall–Kier alpha value is -1.02. The van der Waals surface area contributed by atoms with E-state index in [9.17, 15) is 0 Å². The number of rotatable bonds is 0. The second-order valence-corrected chi connectivity index (χ2v) is 2.99. The minimum absolute atomic E-state index is 0.630. The highest BCUT2D eigenvalue weighted by Crippen LogP contribution is 2.01. The molecule has 0 saturated heterocycles. The molecule has 3 heteroatoms. The summed E-state index contributed by atoms with van der Waals surface area (Å²) in [5.41, 5.74) is 1.12. The zero-order valence-electron chi connectivity index (χ0n) is 7.16. The Kier molecular flexibility index (Phi) is 3.11. The Labute approximate surface area is 77.1 Å². The molecule has 2 nitrogen and oxygen atoms in total. The van der Waals surface area contributed by atoms with Gasteiger partial charge in [0.05, 0.1) is 11.3 Å². The summed E-state index contributed by atoms with van der Waals surface area (Å²) in [4.78, 5) is 4.02. The van der Waals surface area contributed by atoms with Crippen molar-refractivity contribution in [3.63, 3.8) is 0 Å². The molecule has 0 N–H and O–H groups in total. The molecule has 0 fully saturated rings. The van der Waals surface area contributed by atoms with Crippen LogP contribution in [0.3, 0.4) is 0 Å². The van der Waals surface area contributed by atoms with Crippen LogP contribution in [0, 0.1) is 6.92 Å². The summed E-state index contributed by atoms with van der Waals surface area (Å²) >= 11 is 5.77. The quantitative estimate of drug-likeness (QED) is 0.603. The van der Waals surface area contributed by atoms with E-state index in [0.29, 0.717) is 5.02 Å². The molecule has 0 atom stereocenters. The van der Waals surface area contributed by atoms with E-state index in [4.69, 9.17) is 11.6 Å². The number of hydrogen-bond donors (Lipinski definition) is 0. The maximum Gasteiger partial charge on any atom is 0.0944 e. The van der Waals surface area contributed by atoms with Gasteiger partial charge in [-0.1, -0.05) is 17.7 Å². The SMILES string of the molecule is Cc1cccc(Cl)cncn1C. The fourth-order valence-corrected chi connectivity index (χ4v) is 0.865. The monoisotopic (exact) mass is 182 g/mol. The summed E-state index contributed by atoms with van der Waals surface area (Å²) in [6.07, 6.45) is 3.34. The van der Waals surface area contributed by atoms with Crippen LogP contribution in [0.1, 0.15) is 5.69 Å². The Morgan fingerprint density at radius 1 is 1.42 bits per heavy atom. The molecule has 0 amide bonds. The van der Waals surface area contributed by atoms with E-state index in [2.05, 4.69) is 4.98 Å². The summed E-state index contributed by atoms with van der Waals surface area (Å²) in [6.45, 7) is 2.01. The maximum atomic E-state index is 5.77. The molecule has 12 heavy (non-hydrogen) atoms. The van der Waals surface area contributed by atoms with E-state index in [-0.39, 0.29) is 0 Å². The molecule has 0 aliphatic heterocycles. The number of nitrogens with zero attached hydrogens (tertiary/aromatic N) is 2. The average molecular weight is 183 g/mol. The van der Waals surface area contributed by atoms with Crippen molar-refractivity contribution < 1.29 is 0 Å². The van der Waals surface area contributed by atoms with Crippen molar-refractivity contribution in [1.29, 1.82) is 0 Å². The lowest BCUT2D eigenvalue weighted by atomic mass is 10.4. The maximum absolute atomic E-state index is 5.77. The van der Waals surface area contributed by atoms with Crippen LogP contribution in [0.15, 0.2) is 30.7 Å². The van der Waals surface area contributed by atoms with Crippen molar-refractivity contribution in [2.24, 2.45) is 7.05 Å². The van der Waals surface area contributed by atoms with Gasteiger partial charge < -0.3 is 4.57 Å². The number of aromatic nitrogens is 2. The molecule has 0 radical (unpaired) electrons. The van der Waals surface area contributed by atoms with E-state index in [0.717, 1.165) is 5.69 Å². The van der Waals surface area contributed by atoms with Crippen molar-refractivity contribution in [1.82, 2.24) is 9.55 Å². The van der Waals surface area contributed by atoms with Crippen LogP contribution in [-0.2, 0) is 7.05 Å². The third-order valence-electron chi connectivity index (χ3n) is 1.59. The predicted octanol–water partition coefficient (Wildman–Crippen LogP) is 2.51. The minimum Gasteiger partial charge on any atom is -0.340 e. The summed E-state index contributed by atoms with van der Waals surface area (Å²) < 4.78 is 1.93. The van der Waals surface area contributed by atoms with Gasteiger partial charge in [-0.3, -0.25) is 0 Å². The van der Waals surface area contributed by atoms with Gasteiger partial charge in [-0.25, -0.2) is 4.98 Å². The van der Waals surface area contributed by atoms with Gasteiger partial charge in [0.2, 0.25) is 0 Å². The van der Waals surface area contributed by atoms with Gasteiger partial charge in [0.15, 0.2) is 0 Å². The van der Waals surface area contributed by atoms with E-state index in [1.54, 1.807) is 12.5 Å². The minimum atomic E-state index is 0.630. The lowest BCUT2D eigenvalue weighted by Gasteiger charge is -1.95. The van der Waals surface area contributed by atoms with E-state index in [1.165, 1.54) is 0 Å². The molecule has 0 unspecified atom stereocenters. The van der Waals surface area contributed by atoms with Gasteiger partial charge in [-0.15, -0.1) is 0 Å². The molecule has 0 aliphatic rings. The van der Waals surface area contributed by atoms with Crippen molar-refractivity contribution >= 4 is 11.6 Å². The summed E-state index contributed by atoms with van der Waals surface area (Å²) in [5, 5.41) is 0.630. The molecule has 1 aromatic heterocycles. The van der Waals surface area contributed by atoms with Crippen LogP contribution in [0.5, 0.6) is 0 Å². The first-order valence-corrected chi connectivity index (χ1v) is 4.05. The Bertz CT molecular complexity index is 286. The third-order valence-corrected chi connectivity index (χ3v) is 1.81. The molecule has 0 spiro atoms. The first-order chi connectivity index (χ1) is 5.70. The van der Waals surface area contributed by atoms with Crippen LogP contribution in [0.4, 0.5) is 0 Å². The molecule has 1 heterocycles. The van der Waals surface area contributed by atoms with Crippen LogP contribution in [0.25, 0.3) is 0 Å². The van der Waals surface area contributed by atoms with Crippen LogP contribution >= 0.6 is 11.6 Å². The average Bonchev–Trinajstić information content (AvgIpc) is 2.08. The number of aryl methyl sites for hydroxylation is 2. The third kappa shape index (κ3) is 2.55. The number of halogens is 1. The highest BCUT2D eigenvalue weighted by Gasteiger charge is 1.82.